The lowest BCUT2D eigenvalue weighted by atomic mass is 10.1. The molecule has 0 heterocycles. The van der Waals surface area contributed by atoms with Gasteiger partial charge in [0.15, 0.2) is 0 Å². The van der Waals surface area contributed by atoms with Crippen molar-refractivity contribution in [1.82, 2.24) is 4.90 Å². The molecule has 3 heteroatoms. The third-order valence-corrected chi connectivity index (χ3v) is 2.36. The van der Waals surface area contributed by atoms with E-state index < -0.39 is 0 Å². The van der Waals surface area contributed by atoms with E-state index in [1.807, 2.05) is 19.2 Å². The Kier molecular flexibility index (Phi) is 4.59. The van der Waals surface area contributed by atoms with Gasteiger partial charge in [0.05, 0.1) is 13.7 Å². The van der Waals surface area contributed by atoms with Gasteiger partial charge < -0.3 is 9.84 Å². The van der Waals surface area contributed by atoms with E-state index in [2.05, 4.69) is 17.9 Å². The number of benzene rings is 1. The van der Waals surface area contributed by atoms with Crippen LogP contribution in [0.5, 0.6) is 5.75 Å². The summed E-state index contributed by atoms with van der Waals surface area (Å²) in [5.74, 6) is 0.908. The average molecular weight is 209 g/mol. The van der Waals surface area contributed by atoms with Crippen LogP contribution in [0.15, 0.2) is 18.2 Å². The number of hydrogen-bond acceptors (Lipinski definition) is 3. The lowest BCUT2D eigenvalue weighted by molar-refractivity contribution is 0.216. The summed E-state index contributed by atoms with van der Waals surface area (Å²) in [5.41, 5.74) is 2.39. The van der Waals surface area contributed by atoms with Crippen molar-refractivity contribution in [3.63, 3.8) is 0 Å². The number of likely N-dealkylation sites (N-methyl/N-ethyl adjacent to an activating group) is 1. The maximum atomic E-state index is 8.82. The maximum Gasteiger partial charge on any atom is 0.123 e. The smallest absolute Gasteiger partial charge is 0.123 e. The molecule has 0 spiro atoms. The number of aryl methyl sites for hydroxylation is 1. The standard InChI is InChI=1S/C12H19NO2/c1-10-4-5-12(15-3)11(8-10)9-13(2)6-7-14/h4-5,8,14H,6-7,9H2,1-3H3. The van der Waals surface area contributed by atoms with Crippen molar-refractivity contribution < 1.29 is 9.84 Å². The van der Waals surface area contributed by atoms with E-state index in [1.165, 1.54) is 5.56 Å². The Hall–Kier alpha value is -1.06. The molecule has 0 unspecified atom stereocenters. The van der Waals surface area contributed by atoms with Crippen LogP contribution in [0, 0.1) is 6.92 Å². The van der Waals surface area contributed by atoms with Gasteiger partial charge in [-0.1, -0.05) is 17.7 Å². The molecule has 0 bridgehead atoms. The highest BCUT2D eigenvalue weighted by atomic mass is 16.5. The summed E-state index contributed by atoms with van der Waals surface area (Å²) in [6, 6.07) is 6.14. The van der Waals surface area contributed by atoms with E-state index in [4.69, 9.17) is 9.84 Å². The summed E-state index contributed by atoms with van der Waals surface area (Å²) in [4.78, 5) is 2.07. The van der Waals surface area contributed by atoms with E-state index in [-0.39, 0.29) is 6.61 Å². The molecule has 1 rings (SSSR count). The number of aliphatic hydroxyl groups is 1. The summed E-state index contributed by atoms with van der Waals surface area (Å²) < 4.78 is 5.29. The highest BCUT2D eigenvalue weighted by Crippen LogP contribution is 2.20. The van der Waals surface area contributed by atoms with E-state index in [0.717, 1.165) is 17.9 Å². The topological polar surface area (TPSA) is 32.7 Å². The normalized spacial score (nSPS) is 10.7. The molecule has 1 aromatic rings. The third kappa shape index (κ3) is 3.53. The van der Waals surface area contributed by atoms with Crippen molar-refractivity contribution in [1.29, 1.82) is 0 Å². The Morgan fingerprint density at radius 1 is 1.40 bits per heavy atom. The second-order valence-electron chi connectivity index (χ2n) is 3.78. The van der Waals surface area contributed by atoms with Crippen molar-refractivity contribution >= 4 is 0 Å². The first-order valence-electron chi connectivity index (χ1n) is 5.10. The molecule has 0 aliphatic heterocycles. The van der Waals surface area contributed by atoms with Crippen LogP contribution in [0.4, 0.5) is 0 Å². The molecule has 0 amide bonds. The molecule has 0 fully saturated rings. The minimum Gasteiger partial charge on any atom is -0.496 e. The molecule has 0 saturated heterocycles. The second kappa shape index (κ2) is 5.73. The summed E-state index contributed by atoms with van der Waals surface area (Å²) in [6.07, 6.45) is 0. The van der Waals surface area contributed by atoms with Crippen LogP contribution in [0.2, 0.25) is 0 Å². The average Bonchev–Trinajstić information content (AvgIpc) is 2.18. The zero-order chi connectivity index (χ0) is 11.3. The predicted octanol–water partition coefficient (Wildman–Crippen LogP) is 1.43. The minimum absolute atomic E-state index is 0.185. The van der Waals surface area contributed by atoms with Gasteiger partial charge in [0.1, 0.15) is 5.75 Å². The van der Waals surface area contributed by atoms with Crippen LogP contribution >= 0.6 is 0 Å². The van der Waals surface area contributed by atoms with Gasteiger partial charge in [0.25, 0.3) is 0 Å². The molecule has 1 N–H and O–H groups in total. The number of nitrogens with zero attached hydrogens (tertiary/aromatic N) is 1. The van der Waals surface area contributed by atoms with Gasteiger partial charge in [0, 0.05) is 18.7 Å². The first kappa shape index (κ1) is 12.0. The van der Waals surface area contributed by atoms with E-state index in [9.17, 15) is 0 Å². The van der Waals surface area contributed by atoms with Crippen molar-refractivity contribution in [2.75, 3.05) is 27.3 Å². The third-order valence-electron chi connectivity index (χ3n) is 2.36. The van der Waals surface area contributed by atoms with E-state index in [0.29, 0.717) is 6.54 Å². The SMILES string of the molecule is COc1ccc(C)cc1CN(C)CCO. The zero-order valence-corrected chi connectivity index (χ0v) is 9.66. The maximum absolute atomic E-state index is 8.82. The van der Waals surface area contributed by atoms with Crippen LogP contribution in [0.25, 0.3) is 0 Å². The van der Waals surface area contributed by atoms with Gasteiger partial charge in [0.2, 0.25) is 0 Å². The van der Waals surface area contributed by atoms with E-state index >= 15 is 0 Å². The molecular formula is C12H19NO2. The molecule has 84 valence electrons. The van der Waals surface area contributed by atoms with Gasteiger partial charge in [-0.15, -0.1) is 0 Å². The molecule has 0 aromatic heterocycles. The molecule has 0 aliphatic rings. The van der Waals surface area contributed by atoms with Crippen LogP contribution in [0.1, 0.15) is 11.1 Å². The molecule has 0 aliphatic carbocycles. The number of ether oxygens (including phenoxy) is 1. The monoisotopic (exact) mass is 209 g/mol. The summed E-state index contributed by atoms with van der Waals surface area (Å²) in [6.45, 7) is 3.72. The van der Waals surface area contributed by atoms with Gasteiger partial charge in [-0.25, -0.2) is 0 Å². The van der Waals surface area contributed by atoms with Gasteiger partial charge >= 0.3 is 0 Å². The number of aliphatic hydroxyl groups excluding tert-OH is 1. The van der Waals surface area contributed by atoms with E-state index in [1.54, 1.807) is 7.11 Å². The van der Waals surface area contributed by atoms with Crippen molar-refractivity contribution in [2.45, 2.75) is 13.5 Å². The van der Waals surface area contributed by atoms with Crippen molar-refractivity contribution in [3.8, 4) is 5.75 Å². The van der Waals surface area contributed by atoms with Crippen LogP contribution in [-0.2, 0) is 6.54 Å². The highest BCUT2D eigenvalue weighted by molar-refractivity contribution is 5.36. The summed E-state index contributed by atoms with van der Waals surface area (Å²) in [7, 11) is 3.66. The highest BCUT2D eigenvalue weighted by Gasteiger charge is 2.05. The Labute approximate surface area is 91.3 Å². The fraction of sp³-hybridized carbons (Fsp3) is 0.500. The van der Waals surface area contributed by atoms with Gasteiger partial charge in [-0.3, -0.25) is 4.90 Å². The fourth-order valence-corrected chi connectivity index (χ4v) is 1.57. The molecule has 1 aromatic carbocycles. The van der Waals surface area contributed by atoms with Crippen LogP contribution in [-0.4, -0.2) is 37.3 Å². The zero-order valence-electron chi connectivity index (χ0n) is 9.66. The second-order valence-corrected chi connectivity index (χ2v) is 3.78. The lowest BCUT2D eigenvalue weighted by Crippen LogP contribution is -2.21. The molecule has 0 atom stereocenters. The number of rotatable bonds is 5. The van der Waals surface area contributed by atoms with Crippen LogP contribution < -0.4 is 4.74 Å². The Balaban J connectivity index is 2.77. The first-order chi connectivity index (χ1) is 7.17. The number of hydrogen-bond donors (Lipinski definition) is 1. The van der Waals surface area contributed by atoms with Crippen LogP contribution in [0.3, 0.4) is 0 Å². The molecule has 0 radical (unpaired) electrons. The summed E-state index contributed by atoms with van der Waals surface area (Å²) >= 11 is 0. The molecule has 0 saturated carbocycles. The molecular weight excluding hydrogens is 190 g/mol. The summed E-state index contributed by atoms with van der Waals surface area (Å²) in [5, 5.41) is 8.82. The van der Waals surface area contributed by atoms with Crippen molar-refractivity contribution in [3.05, 3.63) is 29.3 Å². The predicted molar refractivity (Wildman–Crippen MR) is 61.2 cm³/mol. The Bertz CT molecular complexity index is 312. The largest absolute Gasteiger partial charge is 0.496 e. The van der Waals surface area contributed by atoms with Crippen molar-refractivity contribution in [2.24, 2.45) is 0 Å². The van der Waals surface area contributed by atoms with Gasteiger partial charge in [-0.2, -0.15) is 0 Å². The van der Waals surface area contributed by atoms with Gasteiger partial charge in [-0.05, 0) is 20.0 Å². The minimum atomic E-state index is 0.185. The fourth-order valence-electron chi connectivity index (χ4n) is 1.57. The first-order valence-corrected chi connectivity index (χ1v) is 5.10. The quantitative estimate of drug-likeness (QED) is 0.796. The Morgan fingerprint density at radius 3 is 2.73 bits per heavy atom. The Morgan fingerprint density at radius 2 is 2.13 bits per heavy atom. The molecule has 15 heavy (non-hydrogen) atoms. The lowest BCUT2D eigenvalue weighted by Gasteiger charge is -2.17. The number of methoxy groups -OCH3 is 1. The molecule has 3 nitrogen and oxygen atoms in total.